The van der Waals surface area contributed by atoms with E-state index in [1.54, 1.807) is 6.07 Å². The summed E-state index contributed by atoms with van der Waals surface area (Å²) >= 11 is 0. The number of pyridine rings is 1. The maximum absolute atomic E-state index is 9.22. The first-order chi connectivity index (χ1) is 15.0. The van der Waals surface area contributed by atoms with E-state index < -0.39 is 0 Å². The Morgan fingerprint density at radius 1 is 0.806 bits per heavy atom. The van der Waals surface area contributed by atoms with Crippen molar-refractivity contribution in [1.82, 2.24) is 4.98 Å². The van der Waals surface area contributed by atoms with Gasteiger partial charge in [-0.05, 0) is 52.6 Å². The Balaban J connectivity index is 1.74. The number of nitriles is 1. The summed E-state index contributed by atoms with van der Waals surface area (Å²) < 4.78 is 0. The molecule has 148 valence electrons. The standard InChI is InChI=1S/C28H21N3/c1-28(2,24-12-5-10-22(17-24)21-9-4-8-20(16-21)19-29)27-15-7-14-26(31-27)23-11-6-13-25(18-23)30-3/h4-18H,1-2H3. The van der Waals surface area contributed by atoms with Crippen LogP contribution in [0.1, 0.15) is 30.7 Å². The second-order valence-electron chi connectivity index (χ2n) is 7.97. The first kappa shape index (κ1) is 20.1. The van der Waals surface area contributed by atoms with Gasteiger partial charge < -0.3 is 0 Å². The van der Waals surface area contributed by atoms with E-state index in [0.29, 0.717) is 11.3 Å². The van der Waals surface area contributed by atoms with E-state index >= 15 is 0 Å². The molecule has 4 rings (SSSR count). The fraction of sp³-hybridized carbons (Fsp3) is 0.107. The lowest BCUT2D eigenvalue weighted by Crippen LogP contribution is -2.20. The zero-order chi connectivity index (χ0) is 21.8. The quantitative estimate of drug-likeness (QED) is 0.341. The Hall–Kier alpha value is -4.21. The van der Waals surface area contributed by atoms with Crippen LogP contribution in [0.3, 0.4) is 0 Å². The van der Waals surface area contributed by atoms with Crippen molar-refractivity contribution >= 4 is 5.69 Å². The molecular weight excluding hydrogens is 378 g/mol. The summed E-state index contributed by atoms with van der Waals surface area (Å²) in [6.45, 7) is 11.6. The molecule has 0 aliphatic carbocycles. The molecule has 0 spiro atoms. The van der Waals surface area contributed by atoms with E-state index in [-0.39, 0.29) is 5.41 Å². The lowest BCUT2D eigenvalue weighted by atomic mass is 9.80. The van der Waals surface area contributed by atoms with E-state index in [4.69, 9.17) is 11.6 Å². The molecular formula is C28H21N3. The van der Waals surface area contributed by atoms with E-state index in [1.165, 1.54) is 0 Å². The van der Waals surface area contributed by atoms with Crippen molar-refractivity contribution in [3.8, 4) is 28.5 Å². The Labute approximate surface area is 183 Å². The molecule has 3 aromatic carbocycles. The van der Waals surface area contributed by atoms with Gasteiger partial charge >= 0.3 is 0 Å². The normalized spacial score (nSPS) is 10.8. The van der Waals surface area contributed by atoms with Crippen LogP contribution >= 0.6 is 0 Å². The molecule has 0 unspecified atom stereocenters. The van der Waals surface area contributed by atoms with Gasteiger partial charge in [0.15, 0.2) is 5.69 Å². The van der Waals surface area contributed by atoms with Crippen molar-refractivity contribution in [3.63, 3.8) is 0 Å². The van der Waals surface area contributed by atoms with E-state index in [2.05, 4.69) is 49.0 Å². The fourth-order valence-corrected chi connectivity index (χ4v) is 3.68. The number of benzene rings is 3. The Morgan fingerprint density at radius 3 is 2.26 bits per heavy atom. The highest BCUT2D eigenvalue weighted by atomic mass is 14.7. The molecule has 3 nitrogen and oxygen atoms in total. The minimum atomic E-state index is -0.323. The maximum atomic E-state index is 9.22. The summed E-state index contributed by atoms with van der Waals surface area (Å²) in [4.78, 5) is 8.48. The van der Waals surface area contributed by atoms with Crippen LogP contribution in [0.15, 0.2) is 91.0 Å². The van der Waals surface area contributed by atoms with Gasteiger partial charge in [0, 0.05) is 5.41 Å². The fourth-order valence-electron chi connectivity index (χ4n) is 3.68. The second kappa shape index (κ2) is 8.27. The lowest BCUT2D eigenvalue weighted by Gasteiger charge is -2.26. The predicted molar refractivity (Wildman–Crippen MR) is 125 cm³/mol. The third-order valence-corrected chi connectivity index (χ3v) is 5.57. The predicted octanol–water partition coefficient (Wildman–Crippen LogP) is 7.16. The molecule has 1 aromatic heterocycles. The highest BCUT2D eigenvalue weighted by Crippen LogP contribution is 2.34. The van der Waals surface area contributed by atoms with Crippen molar-refractivity contribution in [3.05, 3.63) is 119 Å². The van der Waals surface area contributed by atoms with Gasteiger partial charge in [-0.1, -0.05) is 74.5 Å². The highest BCUT2D eigenvalue weighted by molar-refractivity contribution is 5.67. The van der Waals surface area contributed by atoms with Crippen LogP contribution in [0, 0.1) is 17.9 Å². The third kappa shape index (κ3) is 4.08. The monoisotopic (exact) mass is 399 g/mol. The Morgan fingerprint density at radius 2 is 1.48 bits per heavy atom. The van der Waals surface area contributed by atoms with Gasteiger partial charge in [-0.25, -0.2) is 4.85 Å². The van der Waals surface area contributed by atoms with Gasteiger partial charge in [0.1, 0.15) is 0 Å². The molecule has 0 fully saturated rings. The van der Waals surface area contributed by atoms with E-state index in [0.717, 1.165) is 33.6 Å². The molecule has 4 aromatic rings. The summed E-state index contributed by atoms with van der Waals surface area (Å²) in [5.74, 6) is 0. The Bertz CT molecular complexity index is 1230. The van der Waals surface area contributed by atoms with Crippen molar-refractivity contribution in [2.24, 2.45) is 0 Å². The summed E-state index contributed by atoms with van der Waals surface area (Å²) in [6, 6.07) is 31.9. The van der Waals surface area contributed by atoms with Crippen LogP contribution in [0.4, 0.5) is 5.69 Å². The average Bonchev–Trinajstić information content (AvgIpc) is 2.84. The minimum Gasteiger partial charge on any atom is -0.252 e. The van der Waals surface area contributed by atoms with Crippen molar-refractivity contribution in [2.75, 3.05) is 0 Å². The molecule has 0 amide bonds. The van der Waals surface area contributed by atoms with Gasteiger partial charge in [0.05, 0.1) is 29.6 Å². The number of aromatic nitrogens is 1. The van der Waals surface area contributed by atoms with Crippen molar-refractivity contribution < 1.29 is 0 Å². The first-order valence-corrected chi connectivity index (χ1v) is 10.1. The highest BCUT2D eigenvalue weighted by Gasteiger charge is 2.25. The molecule has 0 aliphatic heterocycles. The third-order valence-electron chi connectivity index (χ3n) is 5.57. The van der Waals surface area contributed by atoms with Gasteiger partial charge in [-0.15, -0.1) is 0 Å². The average molecular weight is 399 g/mol. The van der Waals surface area contributed by atoms with Crippen molar-refractivity contribution in [1.29, 1.82) is 5.26 Å². The maximum Gasteiger partial charge on any atom is 0.187 e. The summed E-state index contributed by atoms with van der Waals surface area (Å²) in [7, 11) is 0. The minimum absolute atomic E-state index is 0.323. The number of hydrogen-bond acceptors (Lipinski definition) is 2. The van der Waals surface area contributed by atoms with Crippen LogP contribution < -0.4 is 0 Å². The van der Waals surface area contributed by atoms with Gasteiger partial charge in [-0.3, -0.25) is 4.98 Å². The second-order valence-corrected chi connectivity index (χ2v) is 7.97. The smallest absolute Gasteiger partial charge is 0.187 e. The first-order valence-electron chi connectivity index (χ1n) is 10.1. The van der Waals surface area contributed by atoms with Gasteiger partial charge in [0.2, 0.25) is 0 Å². The molecule has 3 heteroatoms. The van der Waals surface area contributed by atoms with Crippen LogP contribution in [0.2, 0.25) is 0 Å². The van der Waals surface area contributed by atoms with Crippen LogP contribution in [0.5, 0.6) is 0 Å². The topological polar surface area (TPSA) is 41.0 Å². The molecule has 0 saturated heterocycles. The van der Waals surface area contributed by atoms with Crippen LogP contribution in [0.25, 0.3) is 27.2 Å². The Kier molecular flexibility index (Phi) is 5.35. The molecule has 1 heterocycles. The molecule has 0 aliphatic rings. The molecule has 0 radical (unpaired) electrons. The van der Waals surface area contributed by atoms with Gasteiger partial charge in [0.25, 0.3) is 0 Å². The summed E-state index contributed by atoms with van der Waals surface area (Å²) in [5.41, 5.74) is 6.93. The molecule has 31 heavy (non-hydrogen) atoms. The SMILES string of the molecule is [C-]#[N+]c1cccc(-c2cccc(C(C)(C)c3cccc(-c4cccc(C#N)c4)c3)n2)c1. The van der Waals surface area contributed by atoms with Gasteiger partial charge in [-0.2, -0.15) is 5.26 Å². The van der Waals surface area contributed by atoms with E-state index in [1.807, 2.05) is 60.7 Å². The largest absolute Gasteiger partial charge is 0.252 e. The van der Waals surface area contributed by atoms with E-state index in [9.17, 15) is 5.26 Å². The molecule has 0 atom stereocenters. The molecule has 0 N–H and O–H groups in total. The number of hydrogen-bond donors (Lipinski definition) is 0. The molecule has 0 saturated carbocycles. The lowest BCUT2D eigenvalue weighted by molar-refractivity contribution is 0.618. The zero-order valence-corrected chi connectivity index (χ0v) is 17.5. The van der Waals surface area contributed by atoms with Crippen LogP contribution in [-0.2, 0) is 5.41 Å². The number of rotatable bonds is 4. The summed E-state index contributed by atoms with van der Waals surface area (Å²) in [5, 5.41) is 9.22. The summed E-state index contributed by atoms with van der Waals surface area (Å²) in [6.07, 6.45) is 0. The van der Waals surface area contributed by atoms with Crippen LogP contribution in [-0.4, -0.2) is 4.98 Å². The molecule has 0 bridgehead atoms. The van der Waals surface area contributed by atoms with Crippen molar-refractivity contribution in [2.45, 2.75) is 19.3 Å². The number of nitrogens with zero attached hydrogens (tertiary/aromatic N) is 3. The zero-order valence-electron chi connectivity index (χ0n) is 17.5.